The second kappa shape index (κ2) is 9.48. The minimum atomic E-state index is -0.389. The number of aliphatic hydroxyl groups is 1. The topological polar surface area (TPSA) is 66.8 Å². The molecule has 0 aromatic rings. The fraction of sp³-hybridized carbons (Fsp3) is 0.800. The van der Waals surface area contributed by atoms with Crippen LogP contribution in [0.4, 0.5) is 0 Å². The SMILES string of the molecule is COC(=O)C1SC(I)=CC1N(C(=O)[C@H]1CC[C@H](C)CC1)[C@H]1CC[C@H](O)CC1. The summed E-state index contributed by atoms with van der Waals surface area (Å²) in [5.74, 6) is 0.685. The van der Waals surface area contributed by atoms with Gasteiger partial charge in [-0.25, -0.2) is 0 Å². The van der Waals surface area contributed by atoms with Crippen molar-refractivity contribution in [3.05, 3.63) is 8.99 Å². The molecule has 0 radical (unpaired) electrons. The van der Waals surface area contributed by atoms with Crippen LogP contribution in [-0.2, 0) is 14.3 Å². The zero-order chi connectivity index (χ0) is 19.6. The summed E-state index contributed by atoms with van der Waals surface area (Å²) in [5, 5.41) is 9.53. The Hall–Kier alpha value is -0.280. The Kier molecular flexibility index (Phi) is 7.52. The van der Waals surface area contributed by atoms with Crippen LogP contribution in [0.15, 0.2) is 8.99 Å². The third-order valence-corrected chi connectivity index (χ3v) is 8.49. The Morgan fingerprint density at radius 3 is 2.37 bits per heavy atom. The standard InChI is InChI=1S/C20H30INO4S/c1-12-3-5-13(6-4-12)19(24)22(14-7-9-15(23)10-8-14)16-11-17(21)27-18(16)20(25)26-2/h11-16,18,23H,3-10H2,1-2H3/t12-,13-,14-,15-,16?,18?. The average molecular weight is 507 g/mol. The van der Waals surface area contributed by atoms with Gasteiger partial charge in [-0.05, 0) is 86.0 Å². The van der Waals surface area contributed by atoms with E-state index in [-0.39, 0.29) is 41.2 Å². The van der Waals surface area contributed by atoms with Crippen LogP contribution in [0.3, 0.4) is 0 Å². The lowest BCUT2D eigenvalue weighted by atomic mass is 9.81. The predicted octanol–water partition coefficient (Wildman–Crippen LogP) is 3.88. The number of carbonyl (C=O) groups is 2. The first-order chi connectivity index (χ1) is 12.9. The Balaban J connectivity index is 1.85. The molecule has 2 unspecified atom stereocenters. The molecule has 2 fully saturated rings. The van der Waals surface area contributed by atoms with Gasteiger partial charge in [0.2, 0.25) is 5.91 Å². The molecule has 1 N–H and O–H groups in total. The molecule has 2 aliphatic carbocycles. The highest BCUT2D eigenvalue weighted by Gasteiger charge is 2.45. The summed E-state index contributed by atoms with van der Waals surface area (Å²) in [6.45, 7) is 2.26. The molecule has 3 aliphatic rings. The van der Waals surface area contributed by atoms with E-state index in [1.165, 1.54) is 18.9 Å². The molecule has 5 nitrogen and oxygen atoms in total. The molecule has 1 aliphatic heterocycles. The Labute approximate surface area is 179 Å². The van der Waals surface area contributed by atoms with E-state index in [1.807, 2.05) is 4.90 Å². The van der Waals surface area contributed by atoms with Crippen LogP contribution < -0.4 is 0 Å². The molecule has 0 bridgehead atoms. The number of halogens is 1. The number of aliphatic hydroxyl groups excluding tert-OH is 1. The molecule has 2 atom stereocenters. The first-order valence-electron chi connectivity index (χ1n) is 10.0. The lowest BCUT2D eigenvalue weighted by Crippen LogP contribution is -2.54. The highest BCUT2D eigenvalue weighted by Crippen LogP contribution is 2.43. The van der Waals surface area contributed by atoms with Crippen molar-refractivity contribution in [2.24, 2.45) is 11.8 Å². The van der Waals surface area contributed by atoms with Gasteiger partial charge in [0.1, 0.15) is 5.25 Å². The van der Waals surface area contributed by atoms with Gasteiger partial charge in [0.25, 0.3) is 0 Å². The van der Waals surface area contributed by atoms with Crippen LogP contribution in [0.2, 0.25) is 0 Å². The number of hydrogen-bond acceptors (Lipinski definition) is 5. The first-order valence-corrected chi connectivity index (χ1v) is 12.0. The van der Waals surface area contributed by atoms with Gasteiger partial charge < -0.3 is 14.7 Å². The molecule has 0 aromatic heterocycles. The van der Waals surface area contributed by atoms with Crippen molar-refractivity contribution in [2.75, 3.05) is 7.11 Å². The maximum atomic E-state index is 13.6. The second-order valence-corrected chi connectivity index (χ2v) is 11.3. The molecule has 0 spiro atoms. The maximum absolute atomic E-state index is 13.6. The van der Waals surface area contributed by atoms with Crippen molar-refractivity contribution >= 4 is 46.2 Å². The molecular formula is C20H30INO4S. The molecule has 1 heterocycles. The summed E-state index contributed by atoms with van der Waals surface area (Å²) in [5.41, 5.74) is 0. The number of amides is 1. The number of hydrogen-bond donors (Lipinski definition) is 1. The Morgan fingerprint density at radius 2 is 1.78 bits per heavy atom. The number of carbonyl (C=O) groups excluding carboxylic acids is 2. The van der Waals surface area contributed by atoms with Gasteiger partial charge in [0.15, 0.2) is 0 Å². The van der Waals surface area contributed by atoms with E-state index in [1.54, 1.807) is 0 Å². The monoisotopic (exact) mass is 507 g/mol. The average Bonchev–Trinajstić information content (AvgIpc) is 3.04. The molecule has 3 rings (SSSR count). The number of rotatable bonds is 4. The predicted molar refractivity (Wildman–Crippen MR) is 116 cm³/mol. The van der Waals surface area contributed by atoms with Crippen LogP contribution in [0.25, 0.3) is 0 Å². The third kappa shape index (κ3) is 5.01. The molecule has 7 heteroatoms. The summed E-state index contributed by atoms with van der Waals surface area (Å²) in [6, 6.07) is -0.155. The summed E-state index contributed by atoms with van der Waals surface area (Å²) >= 11 is 3.73. The van der Waals surface area contributed by atoms with Gasteiger partial charge in [-0.15, -0.1) is 11.8 Å². The number of thioether (sulfide) groups is 1. The fourth-order valence-electron chi connectivity index (χ4n) is 4.61. The van der Waals surface area contributed by atoms with Crippen LogP contribution >= 0.6 is 34.4 Å². The molecule has 2 saturated carbocycles. The van der Waals surface area contributed by atoms with Gasteiger partial charge in [-0.1, -0.05) is 6.92 Å². The molecule has 152 valence electrons. The highest BCUT2D eigenvalue weighted by atomic mass is 127. The van der Waals surface area contributed by atoms with E-state index in [0.29, 0.717) is 5.92 Å². The summed E-state index contributed by atoms with van der Waals surface area (Å²) in [4.78, 5) is 28.0. The van der Waals surface area contributed by atoms with Gasteiger partial charge in [0.05, 0.1) is 19.3 Å². The van der Waals surface area contributed by atoms with E-state index in [2.05, 4.69) is 35.6 Å². The number of ether oxygens (including phenoxy) is 1. The van der Waals surface area contributed by atoms with Crippen LogP contribution in [-0.4, -0.2) is 52.4 Å². The van der Waals surface area contributed by atoms with Gasteiger partial charge >= 0.3 is 5.97 Å². The van der Waals surface area contributed by atoms with Crippen LogP contribution in [0, 0.1) is 11.8 Å². The third-order valence-electron chi connectivity index (χ3n) is 6.29. The first kappa shape index (κ1) is 21.4. The smallest absolute Gasteiger partial charge is 0.321 e. The van der Waals surface area contributed by atoms with Gasteiger partial charge in [-0.3, -0.25) is 9.59 Å². The highest BCUT2D eigenvalue weighted by molar-refractivity contribution is 14.1. The van der Waals surface area contributed by atoms with Crippen molar-refractivity contribution in [3.8, 4) is 0 Å². The van der Waals surface area contributed by atoms with Crippen molar-refractivity contribution in [1.29, 1.82) is 0 Å². The van der Waals surface area contributed by atoms with E-state index < -0.39 is 0 Å². The van der Waals surface area contributed by atoms with E-state index in [0.717, 1.165) is 54.3 Å². The number of nitrogens with zero attached hydrogens (tertiary/aromatic N) is 1. The van der Waals surface area contributed by atoms with E-state index >= 15 is 0 Å². The zero-order valence-electron chi connectivity index (χ0n) is 16.1. The zero-order valence-corrected chi connectivity index (χ0v) is 19.1. The quantitative estimate of drug-likeness (QED) is 0.462. The maximum Gasteiger partial charge on any atom is 0.321 e. The van der Waals surface area contributed by atoms with Gasteiger partial charge in [0, 0.05) is 14.9 Å². The lowest BCUT2D eigenvalue weighted by Gasteiger charge is -2.42. The Bertz CT molecular complexity index is 583. The van der Waals surface area contributed by atoms with E-state index in [4.69, 9.17) is 4.74 Å². The van der Waals surface area contributed by atoms with Crippen LogP contribution in [0.5, 0.6) is 0 Å². The summed E-state index contributed by atoms with van der Waals surface area (Å²) in [6.07, 6.45) is 8.91. The molecule has 0 aromatic carbocycles. The minimum Gasteiger partial charge on any atom is -0.468 e. The van der Waals surface area contributed by atoms with E-state index in [9.17, 15) is 14.7 Å². The molecule has 27 heavy (non-hydrogen) atoms. The van der Waals surface area contributed by atoms with Gasteiger partial charge in [-0.2, -0.15) is 0 Å². The van der Waals surface area contributed by atoms with Crippen LogP contribution in [0.1, 0.15) is 58.3 Å². The minimum absolute atomic E-state index is 0.0583. The summed E-state index contributed by atoms with van der Waals surface area (Å²) < 4.78 is 6.07. The summed E-state index contributed by atoms with van der Waals surface area (Å²) in [7, 11) is 1.41. The number of methoxy groups -OCH3 is 1. The normalized spacial score (nSPS) is 36.8. The van der Waals surface area contributed by atoms with Crippen molar-refractivity contribution in [2.45, 2.75) is 81.7 Å². The molecular weight excluding hydrogens is 477 g/mol. The number of esters is 1. The Morgan fingerprint density at radius 1 is 1.15 bits per heavy atom. The fourth-order valence-corrected chi connectivity index (χ4v) is 6.80. The lowest BCUT2D eigenvalue weighted by molar-refractivity contribution is -0.146. The second-order valence-electron chi connectivity index (χ2n) is 8.19. The van der Waals surface area contributed by atoms with Crippen molar-refractivity contribution in [3.63, 3.8) is 0 Å². The molecule has 1 amide bonds. The van der Waals surface area contributed by atoms with Crippen molar-refractivity contribution < 1.29 is 19.4 Å². The largest absolute Gasteiger partial charge is 0.468 e. The molecule has 0 saturated heterocycles. The van der Waals surface area contributed by atoms with Crippen molar-refractivity contribution in [1.82, 2.24) is 4.90 Å².